The normalized spacial score (nSPS) is 24.0. The van der Waals surface area contributed by atoms with Gasteiger partial charge in [-0.15, -0.1) is 0 Å². The lowest BCUT2D eigenvalue weighted by atomic mass is 10.2. The molecule has 2 heterocycles. The largest absolute Gasteiger partial charge is 0.378 e. The van der Waals surface area contributed by atoms with Crippen molar-refractivity contribution < 1.29 is 4.74 Å². The van der Waals surface area contributed by atoms with Gasteiger partial charge in [0, 0.05) is 30.7 Å². The SMILES string of the molecule is CN1c2ccc(N3CCOCC3)cc2SC1N. The molecular formula is C12H17N3OS. The van der Waals surface area contributed by atoms with Crippen LogP contribution >= 0.6 is 11.8 Å². The fourth-order valence-electron chi connectivity index (χ4n) is 2.25. The van der Waals surface area contributed by atoms with E-state index in [1.807, 2.05) is 7.05 Å². The zero-order valence-corrected chi connectivity index (χ0v) is 10.7. The van der Waals surface area contributed by atoms with Gasteiger partial charge in [-0.3, -0.25) is 0 Å². The van der Waals surface area contributed by atoms with E-state index in [2.05, 4.69) is 28.0 Å². The average Bonchev–Trinajstić information content (AvgIpc) is 2.66. The van der Waals surface area contributed by atoms with Crippen molar-refractivity contribution in [1.29, 1.82) is 0 Å². The second kappa shape index (κ2) is 4.40. The number of thioether (sulfide) groups is 1. The number of nitrogens with zero attached hydrogens (tertiary/aromatic N) is 2. The number of morpholine rings is 1. The fourth-order valence-corrected chi connectivity index (χ4v) is 3.31. The van der Waals surface area contributed by atoms with Crippen molar-refractivity contribution in [1.82, 2.24) is 0 Å². The number of nitrogens with two attached hydrogens (primary N) is 1. The average molecular weight is 251 g/mol. The van der Waals surface area contributed by atoms with Gasteiger partial charge < -0.3 is 20.3 Å². The Morgan fingerprint density at radius 2 is 2.12 bits per heavy atom. The summed E-state index contributed by atoms with van der Waals surface area (Å²) in [5.74, 6) is 0. The Morgan fingerprint density at radius 1 is 1.35 bits per heavy atom. The van der Waals surface area contributed by atoms with Crippen LogP contribution in [0.3, 0.4) is 0 Å². The minimum atomic E-state index is 0.0462. The van der Waals surface area contributed by atoms with Crippen LogP contribution in [0.15, 0.2) is 23.1 Å². The summed E-state index contributed by atoms with van der Waals surface area (Å²) >= 11 is 1.72. The maximum atomic E-state index is 6.01. The van der Waals surface area contributed by atoms with Gasteiger partial charge in [-0.1, -0.05) is 11.8 Å². The number of hydrogen-bond acceptors (Lipinski definition) is 5. The van der Waals surface area contributed by atoms with Gasteiger partial charge in [0.2, 0.25) is 0 Å². The summed E-state index contributed by atoms with van der Waals surface area (Å²) < 4.78 is 5.37. The topological polar surface area (TPSA) is 41.7 Å². The number of anilines is 2. The molecule has 1 aromatic rings. The van der Waals surface area contributed by atoms with E-state index in [0.29, 0.717) is 0 Å². The van der Waals surface area contributed by atoms with Crippen LogP contribution in [0.5, 0.6) is 0 Å². The minimum Gasteiger partial charge on any atom is -0.378 e. The van der Waals surface area contributed by atoms with E-state index < -0.39 is 0 Å². The Hall–Kier alpha value is -0.910. The van der Waals surface area contributed by atoms with Crippen molar-refractivity contribution >= 4 is 23.1 Å². The molecule has 2 N–H and O–H groups in total. The second-order valence-corrected chi connectivity index (χ2v) is 5.53. The summed E-state index contributed by atoms with van der Waals surface area (Å²) in [6, 6.07) is 6.59. The minimum absolute atomic E-state index is 0.0462. The lowest BCUT2D eigenvalue weighted by Gasteiger charge is -2.29. The van der Waals surface area contributed by atoms with E-state index in [1.54, 1.807) is 11.8 Å². The van der Waals surface area contributed by atoms with Crippen molar-refractivity contribution in [3.05, 3.63) is 18.2 Å². The molecule has 2 aliphatic heterocycles. The van der Waals surface area contributed by atoms with E-state index in [-0.39, 0.29) is 5.50 Å². The number of ether oxygens (including phenoxy) is 1. The van der Waals surface area contributed by atoms with E-state index in [9.17, 15) is 0 Å². The van der Waals surface area contributed by atoms with Crippen LogP contribution in [-0.4, -0.2) is 38.8 Å². The molecule has 0 saturated carbocycles. The fraction of sp³-hybridized carbons (Fsp3) is 0.500. The Morgan fingerprint density at radius 3 is 2.88 bits per heavy atom. The quantitative estimate of drug-likeness (QED) is 0.815. The number of rotatable bonds is 1. The van der Waals surface area contributed by atoms with Crippen molar-refractivity contribution in [3.8, 4) is 0 Å². The first-order valence-electron chi connectivity index (χ1n) is 5.87. The second-order valence-electron chi connectivity index (χ2n) is 4.37. The first kappa shape index (κ1) is 11.2. The van der Waals surface area contributed by atoms with Crippen LogP contribution in [0, 0.1) is 0 Å². The van der Waals surface area contributed by atoms with Gasteiger partial charge in [0.1, 0.15) is 5.50 Å². The van der Waals surface area contributed by atoms with E-state index in [0.717, 1.165) is 26.3 Å². The molecular weight excluding hydrogens is 234 g/mol. The molecule has 92 valence electrons. The first-order valence-corrected chi connectivity index (χ1v) is 6.75. The van der Waals surface area contributed by atoms with E-state index >= 15 is 0 Å². The van der Waals surface area contributed by atoms with Gasteiger partial charge in [0.15, 0.2) is 0 Å². The Bertz CT molecular complexity index is 420. The number of hydrogen-bond donors (Lipinski definition) is 1. The number of benzene rings is 1. The monoisotopic (exact) mass is 251 g/mol. The molecule has 1 saturated heterocycles. The maximum Gasteiger partial charge on any atom is 0.130 e. The van der Waals surface area contributed by atoms with Crippen LogP contribution in [0.2, 0.25) is 0 Å². The van der Waals surface area contributed by atoms with Crippen LogP contribution < -0.4 is 15.5 Å². The highest BCUT2D eigenvalue weighted by atomic mass is 32.2. The van der Waals surface area contributed by atoms with Gasteiger partial charge in [-0.2, -0.15) is 0 Å². The number of fused-ring (bicyclic) bond motifs is 1. The maximum absolute atomic E-state index is 6.01. The van der Waals surface area contributed by atoms with Crippen LogP contribution in [-0.2, 0) is 4.74 Å². The van der Waals surface area contributed by atoms with Crippen molar-refractivity contribution in [2.24, 2.45) is 5.73 Å². The molecule has 1 atom stereocenters. The van der Waals surface area contributed by atoms with Crippen LogP contribution in [0.1, 0.15) is 0 Å². The Labute approximate surface area is 106 Å². The summed E-state index contributed by atoms with van der Waals surface area (Å²) in [5.41, 5.74) is 8.57. The van der Waals surface area contributed by atoms with E-state index in [4.69, 9.17) is 10.5 Å². The van der Waals surface area contributed by atoms with Crippen molar-refractivity contribution in [3.63, 3.8) is 0 Å². The molecule has 4 nitrogen and oxygen atoms in total. The van der Waals surface area contributed by atoms with Crippen LogP contribution in [0.4, 0.5) is 11.4 Å². The lowest BCUT2D eigenvalue weighted by Crippen LogP contribution is -2.36. The standard InChI is InChI=1S/C12H17N3OS/c1-14-10-3-2-9(8-11(10)17-12(14)13)15-4-6-16-7-5-15/h2-3,8,12H,4-7,13H2,1H3. The molecule has 0 amide bonds. The molecule has 1 fully saturated rings. The van der Waals surface area contributed by atoms with Gasteiger partial charge >= 0.3 is 0 Å². The molecule has 0 aliphatic carbocycles. The smallest absolute Gasteiger partial charge is 0.130 e. The van der Waals surface area contributed by atoms with Crippen LogP contribution in [0.25, 0.3) is 0 Å². The molecule has 3 rings (SSSR count). The summed E-state index contributed by atoms with van der Waals surface area (Å²) in [6.45, 7) is 3.60. The molecule has 1 unspecified atom stereocenters. The zero-order chi connectivity index (χ0) is 11.8. The molecule has 17 heavy (non-hydrogen) atoms. The highest BCUT2D eigenvalue weighted by molar-refractivity contribution is 8.00. The molecule has 0 aromatic heterocycles. The molecule has 0 spiro atoms. The molecule has 1 aromatic carbocycles. The molecule has 0 radical (unpaired) electrons. The van der Waals surface area contributed by atoms with Gasteiger partial charge in [0.25, 0.3) is 0 Å². The lowest BCUT2D eigenvalue weighted by molar-refractivity contribution is 0.122. The third-order valence-corrected chi connectivity index (χ3v) is 4.47. The van der Waals surface area contributed by atoms with Gasteiger partial charge in [-0.05, 0) is 18.2 Å². The van der Waals surface area contributed by atoms with Gasteiger partial charge in [-0.25, -0.2) is 0 Å². The summed E-state index contributed by atoms with van der Waals surface area (Å²) in [5, 5.41) is 0. The third-order valence-electron chi connectivity index (χ3n) is 3.33. The molecule has 2 aliphatic rings. The predicted molar refractivity (Wildman–Crippen MR) is 71.7 cm³/mol. The summed E-state index contributed by atoms with van der Waals surface area (Å²) in [7, 11) is 2.04. The third kappa shape index (κ3) is 1.99. The van der Waals surface area contributed by atoms with Crippen molar-refractivity contribution in [2.45, 2.75) is 10.4 Å². The predicted octanol–water partition coefficient (Wildman–Crippen LogP) is 1.31. The Balaban J connectivity index is 1.86. The molecule has 0 bridgehead atoms. The summed E-state index contributed by atoms with van der Waals surface area (Å²) in [6.07, 6.45) is 0. The van der Waals surface area contributed by atoms with E-state index in [1.165, 1.54) is 16.3 Å². The highest BCUT2D eigenvalue weighted by Crippen LogP contribution is 2.42. The molecule has 5 heteroatoms. The highest BCUT2D eigenvalue weighted by Gasteiger charge is 2.25. The summed E-state index contributed by atoms with van der Waals surface area (Å²) in [4.78, 5) is 5.76. The van der Waals surface area contributed by atoms with Gasteiger partial charge in [0.05, 0.1) is 18.9 Å². The Kier molecular flexibility index (Phi) is 2.90. The van der Waals surface area contributed by atoms with Crippen molar-refractivity contribution in [2.75, 3.05) is 43.2 Å². The zero-order valence-electron chi connectivity index (χ0n) is 9.93. The first-order chi connectivity index (χ1) is 8.25.